The van der Waals surface area contributed by atoms with Gasteiger partial charge in [0, 0.05) is 54.7 Å². The highest BCUT2D eigenvalue weighted by Crippen LogP contribution is 2.61. The summed E-state index contributed by atoms with van der Waals surface area (Å²) in [7, 11) is 0. The molecule has 0 radical (unpaired) electrons. The second-order valence-electron chi connectivity index (χ2n) is 10.4. The zero-order chi connectivity index (χ0) is 24.9. The predicted molar refractivity (Wildman–Crippen MR) is 122 cm³/mol. The van der Waals surface area contributed by atoms with Gasteiger partial charge in [0.25, 0.3) is 0 Å². The van der Waals surface area contributed by atoms with Crippen LogP contribution in [-0.2, 0) is 24.5 Å². The lowest BCUT2D eigenvalue weighted by Gasteiger charge is -2.56. The molecule has 1 fully saturated rings. The van der Waals surface area contributed by atoms with Gasteiger partial charge in [-0.1, -0.05) is 34.6 Å². The van der Waals surface area contributed by atoms with Crippen LogP contribution in [0.5, 0.6) is 11.5 Å². The fraction of sp³-hybridized carbons (Fsp3) is 0.615. The molecule has 1 aromatic rings. The number of fused-ring (bicyclic) bond motifs is 3. The quantitative estimate of drug-likeness (QED) is 0.469. The Hall–Kier alpha value is -2.70. The van der Waals surface area contributed by atoms with E-state index in [9.17, 15) is 19.2 Å². The van der Waals surface area contributed by atoms with Gasteiger partial charge in [0.2, 0.25) is 0 Å². The minimum absolute atomic E-state index is 0.0614. The van der Waals surface area contributed by atoms with Crippen LogP contribution in [0, 0.1) is 11.3 Å². The molecule has 3 atom stereocenters. The van der Waals surface area contributed by atoms with E-state index in [-0.39, 0.29) is 47.6 Å². The molecule has 0 N–H and O–H groups in total. The third-order valence-corrected chi connectivity index (χ3v) is 7.37. The second-order valence-corrected chi connectivity index (χ2v) is 10.4. The normalized spacial score (nSPS) is 25.7. The number of benzene rings is 1. The zero-order valence-corrected chi connectivity index (χ0v) is 20.8. The maximum Gasteiger partial charge on any atom is 0.308 e. The van der Waals surface area contributed by atoms with Gasteiger partial charge in [-0.05, 0) is 30.7 Å². The number of ketones is 1. The first-order valence-electron chi connectivity index (χ1n) is 11.5. The highest BCUT2D eigenvalue weighted by molar-refractivity contribution is 6.01. The molecule has 0 unspecified atom stereocenters. The molecule has 1 saturated carbocycles. The smallest absolute Gasteiger partial charge is 0.308 e. The van der Waals surface area contributed by atoms with E-state index in [1.54, 1.807) is 6.07 Å². The molecule has 0 aliphatic heterocycles. The lowest BCUT2D eigenvalue weighted by Crippen LogP contribution is -2.56. The van der Waals surface area contributed by atoms with Crippen LogP contribution in [0.2, 0.25) is 0 Å². The Bertz CT molecular complexity index is 1020. The molecular weight excluding hydrogens is 424 g/mol. The first-order valence-corrected chi connectivity index (χ1v) is 11.5. The van der Waals surface area contributed by atoms with Gasteiger partial charge in [0.15, 0.2) is 17.3 Å². The third-order valence-electron chi connectivity index (χ3n) is 7.37. The van der Waals surface area contributed by atoms with Crippen molar-refractivity contribution in [2.24, 2.45) is 11.3 Å². The molecule has 2 aliphatic rings. The zero-order valence-electron chi connectivity index (χ0n) is 20.8. The van der Waals surface area contributed by atoms with Gasteiger partial charge in [-0.2, -0.15) is 0 Å². The van der Waals surface area contributed by atoms with Crippen LogP contribution in [0.25, 0.3) is 0 Å². The molecule has 7 heteroatoms. The average molecular weight is 459 g/mol. The minimum atomic E-state index is -0.558. The number of Topliss-reactive ketones (excluding diaryl/α,β-unsaturated/α-hetero) is 1. The molecule has 0 amide bonds. The van der Waals surface area contributed by atoms with Gasteiger partial charge in [-0.15, -0.1) is 0 Å². The van der Waals surface area contributed by atoms with Crippen LogP contribution in [-0.4, -0.2) is 29.8 Å². The van der Waals surface area contributed by atoms with E-state index in [4.69, 9.17) is 14.2 Å². The molecular formula is C26H34O7. The molecule has 3 rings (SSSR count). The van der Waals surface area contributed by atoms with Gasteiger partial charge in [0.05, 0.1) is 0 Å². The van der Waals surface area contributed by atoms with Crippen molar-refractivity contribution in [1.29, 1.82) is 0 Å². The number of rotatable bonds is 4. The Labute approximate surface area is 195 Å². The second kappa shape index (κ2) is 8.58. The predicted octanol–water partition coefficient (Wildman–Crippen LogP) is 4.87. The summed E-state index contributed by atoms with van der Waals surface area (Å²) in [6.07, 6.45) is 1.18. The Balaban J connectivity index is 2.32. The summed E-state index contributed by atoms with van der Waals surface area (Å²) in [6.45, 7) is 13.9. The fourth-order valence-corrected chi connectivity index (χ4v) is 5.88. The van der Waals surface area contributed by atoms with E-state index >= 15 is 0 Å². The van der Waals surface area contributed by atoms with E-state index in [2.05, 4.69) is 6.92 Å². The summed E-state index contributed by atoms with van der Waals surface area (Å²) in [5.74, 6) is -1.40. The summed E-state index contributed by atoms with van der Waals surface area (Å²) in [5.41, 5.74) is 0.694. The Morgan fingerprint density at radius 2 is 1.55 bits per heavy atom. The maximum atomic E-state index is 13.5. The summed E-state index contributed by atoms with van der Waals surface area (Å²) in [4.78, 5) is 49.4. The number of carbonyl (C=O) groups excluding carboxylic acids is 4. The summed E-state index contributed by atoms with van der Waals surface area (Å²) >= 11 is 0. The van der Waals surface area contributed by atoms with E-state index in [1.807, 2.05) is 27.7 Å². The standard InChI is InChI=1S/C26H34O7/c1-13(2)17-11-18-19(30)12-20-25(6,7)21(31-14(3)27)9-10-26(20,8)22(18)24(33-16(5)29)23(17)32-15(4)28/h11,13,20-21H,9-10,12H2,1-8H3/t20-,21-,26-/m0/s1. The van der Waals surface area contributed by atoms with Crippen molar-refractivity contribution in [2.75, 3.05) is 0 Å². The number of esters is 3. The minimum Gasteiger partial charge on any atom is -0.462 e. The molecule has 33 heavy (non-hydrogen) atoms. The van der Waals surface area contributed by atoms with E-state index in [0.717, 1.165) is 0 Å². The largest absolute Gasteiger partial charge is 0.462 e. The van der Waals surface area contributed by atoms with Gasteiger partial charge in [-0.25, -0.2) is 0 Å². The Morgan fingerprint density at radius 1 is 0.970 bits per heavy atom. The first kappa shape index (κ1) is 24.9. The molecule has 0 heterocycles. The van der Waals surface area contributed by atoms with Crippen LogP contribution >= 0.6 is 0 Å². The SMILES string of the molecule is CC(=O)Oc1c(C(C)C)cc2c(c1OC(C)=O)[C@@]1(C)CC[C@H](OC(C)=O)C(C)(C)[C@@H]1CC2=O. The van der Waals surface area contributed by atoms with Gasteiger partial charge in [0.1, 0.15) is 6.10 Å². The number of hydrogen-bond donors (Lipinski definition) is 0. The van der Waals surface area contributed by atoms with E-state index in [0.29, 0.717) is 29.5 Å². The fourth-order valence-electron chi connectivity index (χ4n) is 5.88. The van der Waals surface area contributed by atoms with Gasteiger partial charge < -0.3 is 14.2 Å². The van der Waals surface area contributed by atoms with E-state index < -0.39 is 22.8 Å². The Kier molecular flexibility index (Phi) is 6.48. The molecule has 2 aliphatic carbocycles. The van der Waals surface area contributed by atoms with Crippen molar-refractivity contribution in [3.63, 3.8) is 0 Å². The molecule has 7 nitrogen and oxygen atoms in total. The van der Waals surface area contributed by atoms with Crippen molar-refractivity contribution < 1.29 is 33.4 Å². The van der Waals surface area contributed by atoms with Crippen LogP contribution in [0.3, 0.4) is 0 Å². The maximum absolute atomic E-state index is 13.5. The van der Waals surface area contributed by atoms with Crippen molar-refractivity contribution in [3.8, 4) is 11.5 Å². The van der Waals surface area contributed by atoms with Gasteiger partial charge in [-0.3, -0.25) is 19.2 Å². The lowest BCUT2D eigenvalue weighted by atomic mass is 9.49. The molecule has 180 valence electrons. The summed E-state index contributed by atoms with van der Waals surface area (Å²) < 4.78 is 16.9. The van der Waals surface area contributed by atoms with Crippen molar-refractivity contribution in [1.82, 2.24) is 0 Å². The van der Waals surface area contributed by atoms with Crippen LogP contribution in [0.15, 0.2) is 6.07 Å². The molecule has 0 aromatic heterocycles. The Morgan fingerprint density at radius 3 is 2.06 bits per heavy atom. The van der Waals surface area contributed by atoms with Crippen LogP contribution in [0.1, 0.15) is 102 Å². The first-order chi connectivity index (χ1) is 15.2. The molecule has 0 spiro atoms. The van der Waals surface area contributed by atoms with Crippen LogP contribution < -0.4 is 9.47 Å². The van der Waals surface area contributed by atoms with Crippen molar-refractivity contribution >= 4 is 23.7 Å². The number of carbonyl (C=O) groups is 4. The monoisotopic (exact) mass is 458 g/mol. The third kappa shape index (κ3) is 4.30. The van der Waals surface area contributed by atoms with Crippen molar-refractivity contribution in [2.45, 2.75) is 92.1 Å². The average Bonchev–Trinajstić information content (AvgIpc) is 2.66. The molecule has 0 saturated heterocycles. The van der Waals surface area contributed by atoms with Crippen LogP contribution in [0.4, 0.5) is 0 Å². The highest BCUT2D eigenvalue weighted by Gasteiger charge is 2.58. The molecule has 1 aromatic carbocycles. The summed E-state index contributed by atoms with van der Waals surface area (Å²) in [5, 5.41) is 0. The number of hydrogen-bond acceptors (Lipinski definition) is 7. The highest BCUT2D eigenvalue weighted by atomic mass is 16.6. The summed E-state index contributed by atoms with van der Waals surface area (Å²) in [6, 6.07) is 1.79. The van der Waals surface area contributed by atoms with Gasteiger partial charge >= 0.3 is 17.9 Å². The van der Waals surface area contributed by atoms with E-state index in [1.165, 1.54) is 20.8 Å². The topological polar surface area (TPSA) is 96.0 Å². The lowest BCUT2D eigenvalue weighted by molar-refractivity contribution is -0.163. The molecule has 0 bridgehead atoms. The number of ether oxygens (including phenoxy) is 3. The van der Waals surface area contributed by atoms with Crippen molar-refractivity contribution in [3.05, 3.63) is 22.8 Å².